The molecule has 0 fully saturated rings. The zero-order chi connectivity index (χ0) is 17.5. The van der Waals surface area contributed by atoms with Crippen molar-refractivity contribution >= 4 is 11.4 Å². The van der Waals surface area contributed by atoms with Crippen molar-refractivity contribution in [3.05, 3.63) is 56.7 Å². The zero-order valence-electron chi connectivity index (χ0n) is 13.9. The number of aromatic hydroxyl groups is 1. The van der Waals surface area contributed by atoms with Crippen molar-refractivity contribution < 1.29 is 5.11 Å². The fraction of sp³-hybridized carbons (Fsp3) is 0.353. The van der Waals surface area contributed by atoms with Crippen molar-refractivity contribution in [1.29, 1.82) is 0 Å². The third-order valence-electron chi connectivity index (χ3n) is 3.62. The van der Waals surface area contributed by atoms with Crippen LogP contribution < -0.4 is 16.7 Å². The van der Waals surface area contributed by atoms with Gasteiger partial charge in [-0.05, 0) is 25.0 Å². The van der Waals surface area contributed by atoms with Crippen molar-refractivity contribution in [3.63, 3.8) is 0 Å². The summed E-state index contributed by atoms with van der Waals surface area (Å²) in [5.74, 6) is -0.340. The Bertz CT molecular complexity index is 822. The van der Waals surface area contributed by atoms with Gasteiger partial charge in [0.2, 0.25) is 5.88 Å². The Morgan fingerprint density at radius 1 is 1.25 bits per heavy atom. The molecule has 0 radical (unpaired) electrons. The van der Waals surface area contributed by atoms with Crippen LogP contribution >= 0.6 is 0 Å². The zero-order valence-corrected chi connectivity index (χ0v) is 13.9. The van der Waals surface area contributed by atoms with Crippen molar-refractivity contribution in [2.24, 2.45) is 5.10 Å². The SMILES string of the molecule is CCCCn1c(O)c(/C(CC)=N/Nc2ccccc2)c(=O)[nH]c1=O. The summed E-state index contributed by atoms with van der Waals surface area (Å²) in [5.41, 5.74) is 2.78. The molecule has 7 heteroatoms. The van der Waals surface area contributed by atoms with E-state index in [9.17, 15) is 14.7 Å². The van der Waals surface area contributed by atoms with Gasteiger partial charge in [0.1, 0.15) is 5.56 Å². The van der Waals surface area contributed by atoms with Crippen LogP contribution in [0.25, 0.3) is 0 Å². The van der Waals surface area contributed by atoms with Crippen LogP contribution in [0.5, 0.6) is 5.88 Å². The largest absolute Gasteiger partial charge is 0.494 e. The first-order valence-electron chi connectivity index (χ1n) is 8.02. The standard InChI is InChI=1S/C17H22N4O3/c1-3-5-11-21-16(23)14(15(22)18-17(21)24)13(4-2)20-19-12-9-7-6-8-10-12/h6-10,19,23H,3-5,11H2,1-2H3,(H,18,22,24)/b20-13+. The van der Waals surface area contributed by atoms with Crippen LogP contribution in [0.3, 0.4) is 0 Å². The Labute approximate surface area is 139 Å². The lowest BCUT2D eigenvalue weighted by Crippen LogP contribution is -2.34. The molecule has 0 bridgehead atoms. The van der Waals surface area contributed by atoms with Crippen molar-refractivity contribution in [2.45, 2.75) is 39.7 Å². The number of benzene rings is 1. The van der Waals surface area contributed by atoms with Crippen LogP contribution in [0.2, 0.25) is 0 Å². The van der Waals surface area contributed by atoms with Crippen LogP contribution in [0, 0.1) is 0 Å². The van der Waals surface area contributed by atoms with Gasteiger partial charge in [-0.1, -0.05) is 38.5 Å². The van der Waals surface area contributed by atoms with E-state index in [0.717, 1.165) is 18.5 Å². The molecule has 0 saturated carbocycles. The highest BCUT2D eigenvalue weighted by atomic mass is 16.3. The van der Waals surface area contributed by atoms with Crippen molar-refractivity contribution in [2.75, 3.05) is 5.43 Å². The number of unbranched alkanes of at least 4 members (excludes halogenated alkanes) is 1. The quantitative estimate of drug-likeness (QED) is 0.535. The van der Waals surface area contributed by atoms with E-state index in [1.165, 1.54) is 4.57 Å². The van der Waals surface area contributed by atoms with E-state index in [0.29, 0.717) is 18.7 Å². The highest BCUT2D eigenvalue weighted by molar-refractivity contribution is 6.02. The summed E-state index contributed by atoms with van der Waals surface area (Å²) in [4.78, 5) is 26.3. The molecule has 0 atom stereocenters. The Balaban J connectivity index is 2.44. The van der Waals surface area contributed by atoms with Gasteiger partial charge < -0.3 is 5.11 Å². The Kier molecular flexibility index (Phi) is 5.95. The van der Waals surface area contributed by atoms with Gasteiger partial charge in [-0.15, -0.1) is 0 Å². The summed E-state index contributed by atoms with van der Waals surface area (Å²) in [6.07, 6.45) is 2.01. The maximum Gasteiger partial charge on any atom is 0.331 e. The minimum Gasteiger partial charge on any atom is -0.494 e. The van der Waals surface area contributed by atoms with E-state index in [1.807, 2.05) is 44.2 Å². The number of nitrogens with one attached hydrogen (secondary N) is 2. The van der Waals surface area contributed by atoms with Crippen LogP contribution in [0.4, 0.5) is 5.69 Å². The summed E-state index contributed by atoms with van der Waals surface area (Å²) in [5, 5.41) is 14.6. The number of hydrazone groups is 1. The summed E-state index contributed by atoms with van der Waals surface area (Å²) in [7, 11) is 0. The smallest absolute Gasteiger partial charge is 0.331 e. The van der Waals surface area contributed by atoms with E-state index < -0.39 is 11.2 Å². The molecule has 2 aromatic rings. The lowest BCUT2D eigenvalue weighted by molar-refractivity contribution is 0.394. The summed E-state index contributed by atoms with van der Waals surface area (Å²) in [6.45, 7) is 4.15. The number of nitrogens with zero attached hydrogens (tertiary/aromatic N) is 2. The number of H-pyrrole nitrogens is 1. The second-order valence-corrected chi connectivity index (χ2v) is 5.35. The van der Waals surface area contributed by atoms with E-state index in [1.54, 1.807) is 0 Å². The molecule has 0 aliphatic heterocycles. The van der Waals surface area contributed by atoms with Gasteiger partial charge in [-0.3, -0.25) is 19.8 Å². The highest BCUT2D eigenvalue weighted by Gasteiger charge is 2.18. The van der Waals surface area contributed by atoms with E-state index in [2.05, 4.69) is 15.5 Å². The summed E-state index contributed by atoms with van der Waals surface area (Å²) >= 11 is 0. The van der Waals surface area contributed by atoms with E-state index in [-0.39, 0.29) is 11.4 Å². The molecule has 0 saturated heterocycles. The lowest BCUT2D eigenvalue weighted by Gasteiger charge is -2.12. The first kappa shape index (κ1) is 17.5. The summed E-state index contributed by atoms with van der Waals surface area (Å²) in [6, 6.07) is 9.28. The molecule has 1 heterocycles. The fourth-order valence-corrected chi connectivity index (χ4v) is 2.30. The molecule has 128 valence electrons. The molecule has 0 amide bonds. The second-order valence-electron chi connectivity index (χ2n) is 5.35. The van der Waals surface area contributed by atoms with Crippen LogP contribution in [-0.2, 0) is 6.54 Å². The third-order valence-corrected chi connectivity index (χ3v) is 3.62. The average molecular weight is 330 g/mol. The van der Waals surface area contributed by atoms with Gasteiger partial charge in [-0.2, -0.15) is 5.10 Å². The molecular weight excluding hydrogens is 308 g/mol. The van der Waals surface area contributed by atoms with Gasteiger partial charge >= 0.3 is 5.69 Å². The van der Waals surface area contributed by atoms with Crippen LogP contribution in [0.15, 0.2) is 45.0 Å². The van der Waals surface area contributed by atoms with E-state index in [4.69, 9.17) is 0 Å². The van der Waals surface area contributed by atoms with Crippen molar-refractivity contribution in [1.82, 2.24) is 9.55 Å². The monoisotopic (exact) mass is 330 g/mol. The molecular formula is C17H22N4O3. The molecule has 1 aromatic carbocycles. The number of hydrogen-bond acceptors (Lipinski definition) is 5. The number of aromatic amines is 1. The number of rotatable bonds is 7. The van der Waals surface area contributed by atoms with Gasteiger partial charge in [0.05, 0.1) is 11.4 Å². The highest BCUT2D eigenvalue weighted by Crippen LogP contribution is 2.15. The number of para-hydroxylation sites is 1. The maximum atomic E-state index is 12.2. The molecule has 0 aliphatic carbocycles. The normalized spacial score (nSPS) is 11.5. The second kappa shape index (κ2) is 8.14. The minimum absolute atomic E-state index is 0.0247. The Hall–Kier alpha value is -2.83. The average Bonchev–Trinajstić information content (AvgIpc) is 2.58. The van der Waals surface area contributed by atoms with Gasteiger partial charge in [0, 0.05) is 6.54 Å². The maximum absolute atomic E-state index is 12.2. The minimum atomic E-state index is -0.638. The molecule has 0 spiro atoms. The van der Waals surface area contributed by atoms with E-state index >= 15 is 0 Å². The lowest BCUT2D eigenvalue weighted by atomic mass is 10.1. The third kappa shape index (κ3) is 3.92. The fourth-order valence-electron chi connectivity index (χ4n) is 2.30. The molecule has 1 aromatic heterocycles. The van der Waals surface area contributed by atoms with Gasteiger partial charge in [0.25, 0.3) is 5.56 Å². The first-order valence-corrected chi connectivity index (χ1v) is 8.02. The number of aromatic nitrogens is 2. The molecule has 0 unspecified atom stereocenters. The number of anilines is 1. The molecule has 2 rings (SSSR count). The molecule has 7 nitrogen and oxygen atoms in total. The Morgan fingerprint density at radius 3 is 2.58 bits per heavy atom. The predicted octanol–water partition coefficient (Wildman–Crippen LogP) is 2.27. The number of hydrogen-bond donors (Lipinski definition) is 3. The van der Waals surface area contributed by atoms with Gasteiger partial charge in [0.15, 0.2) is 0 Å². The molecule has 24 heavy (non-hydrogen) atoms. The summed E-state index contributed by atoms with van der Waals surface area (Å²) < 4.78 is 1.17. The van der Waals surface area contributed by atoms with Crippen molar-refractivity contribution in [3.8, 4) is 5.88 Å². The topological polar surface area (TPSA) is 99.5 Å². The predicted molar refractivity (Wildman–Crippen MR) is 94.8 cm³/mol. The van der Waals surface area contributed by atoms with Crippen LogP contribution in [0.1, 0.15) is 38.7 Å². The Morgan fingerprint density at radius 2 is 1.96 bits per heavy atom. The molecule has 0 aliphatic rings. The first-order chi connectivity index (χ1) is 11.6. The van der Waals surface area contributed by atoms with Crippen LogP contribution in [-0.4, -0.2) is 20.4 Å². The van der Waals surface area contributed by atoms with Gasteiger partial charge in [-0.25, -0.2) is 4.79 Å². The molecule has 3 N–H and O–H groups in total.